The van der Waals surface area contributed by atoms with Crippen LogP contribution >= 0.6 is 0 Å². The van der Waals surface area contributed by atoms with Crippen molar-refractivity contribution in [3.8, 4) is 0 Å². The lowest BCUT2D eigenvalue weighted by Gasteiger charge is -2.12. The van der Waals surface area contributed by atoms with Crippen LogP contribution < -0.4 is 11.0 Å². The van der Waals surface area contributed by atoms with Crippen LogP contribution in [0.15, 0.2) is 46.1 Å². The van der Waals surface area contributed by atoms with Gasteiger partial charge in [0.1, 0.15) is 23.2 Å². The van der Waals surface area contributed by atoms with Crippen molar-refractivity contribution in [2.45, 2.75) is 19.4 Å². The van der Waals surface area contributed by atoms with Crippen LogP contribution in [0, 0.1) is 17.5 Å². The Morgan fingerprint density at radius 2 is 1.83 bits per heavy atom. The number of H-pyrrole nitrogens is 1. The first kappa shape index (κ1) is 19.7. The van der Waals surface area contributed by atoms with Gasteiger partial charge in [0.25, 0.3) is 5.56 Å². The smallest absolute Gasteiger partial charge is 0.262 e. The number of pyridine rings is 1. The highest BCUT2D eigenvalue weighted by Crippen LogP contribution is 2.20. The number of nitrogens with zero attached hydrogens (tertiary/aromatic N) is 2. The average Bonchev–Trinajstić information content (AvgIpc) is 3.05. The molecule has 2 aromatic heterocycles. The minimum absolute atomic E-state index is 0.0413. The molecule has 4 rings (SSSR count). The van der Waals surface area contributed by atoms with Crippen LogP contribution in [-0.2, 0) is 24.8 Å². The molecule has 9 heteroatoms. The zero-order valence-electron chi connectivity index (χ0n) is 15.8. The summed E-state index contributed by atoms with van der Waals surface area (Å²) in [7, 11) is 1.62. The number of carbonyl (C=O) groups excluding carboxylic acids is 1. The molecule has 0 aliphatic rings. The number of aryl methyl sites for hydroxylation is 2. The van der Waals surface area contributed by atoms with Crippen LogP contribution in [-0.4, -0.2) is 20.1 Å². The van der Waals surface area contributed by atoms with E-state index < -0.39 is 28.4 Å². The minimum atomic E-state index is -0.828. The van der Waals surface area contributed by atoms with Gasteiger partial charge in [-0.05, 0) is 17.7 Å². The lowest BCUT2D eigenvalue weighted by molar-refractivity contribution is -0.118. The van der Waals surface area contributed by atoms with Gasteiger partial charge in [-0.2, -0.15) is 0 Å². The van der Waals surface area contributed by atoms with Crippen molar-refractivity contribution in [2.24, 2.45) is 7.05 Å². The molecular weight excluding hydrogens is 399 g/mol. The third-order valence-electron chi connectivity index (χ3n) is 5.06. The molecule has 6 nitrogen and oxygen atoms in total. The van der Waals surface area contributed by atoms with Gasteiger partial charge in [0.05, 0.1) is 21.8 Å². The Morgan fingerprint density at radius 3 is 2.57 bits per heavy atom. The Labute approximate surface area is 167 Å². The molecule has 30 heavy (non-hydrogen) atoms. The van der Waals surface area contributed by atoms with E-state index in [1.165, 1.54) is 21.5 Å². The topological polar surface area (TPSA) is 76.9 Å². The summed E-state index contributed by atoms with van der Waals surface area (Å²) in [4.78, 5) is 37.7. The summed E-state index contributed by atoms with van der Waals surface area (Å²) < 4.78 is 43.4. The van der Waals surface area contributed by atoms with Gasteiger partial charge in [-0.25, -0.2) is 13.2 Å². The minimum Gasteiger partial charge on any atom is -0.307 e. The Kier molecular flexibility index (Phi) is 4.81. The lowest BCUT2D eigenvalue weighted by Crippen LogP contribution is -2.24. The van der Waals surface area contributed by atoms with E-state index in [2.05, 4.69) is 5.10 Å². The van der Waals surface area contributed by atoms with E-state index in [0.29, 0.717) is 11.6 Å². The molecule has 1 N–H and O–H groups in total. The van der Waals surface area contributed by atoms with Gasteiger partial charge in [0.15, 0.2) is 5.43 Å². The molecule has 0 unspecified atom stereocenters. The maximum absolute atomic E-state index is 13.9. The zero-order chi connectivity index (χ0) is 21.6. The van der Waals surface area contributed by atoms with Crippen LogP contribution in [0.2, 0.25) is 0 Å². The number of carbonyl (C=O) groups is 1. The predicted molar refractivity (Wildman–Crippen MR) is 105 cm³/mol. The standard InChI is InChI=1S/C21H16F3N3O3/c1-26-20-15(10-25-26)21(30)27(17-8-13(23)9-18(29)19(17)20)5-4-14(28)6-11-2-3-12(22)7-16(11)24/h2-3,7-10,25H,4-6H2,1H3. The van der Waals surface area contributed by atoms with E-state index in [0.717, 1.165) is 18.2 Å². The van der Waals surface area contributed by atoms with Gasteiger partial charge in [-0.3, -0.25) is 19.1 Å². The molecule has 0 fully saturated rings. The number of aromatic nitrogens is 3. The van der Waals surface area contributed by atoms with E-state index in [9.17, 15) is 27.6 Å². The molecule has 0 radical (unpaired) electrons. The second kappa shape index (κ2) is 7.33. The van der Waals surface area contributed by atoms with Crippen molar-refractivity contribution < 1.29 is 18.0 Å². The first-order valence-electron chi connectivity index (χ1n) is 9.12. The normalized spacial score (nSPS) is 11.5. The molecule has 0 saturated carbocycles. The maximum atomic E-state index is 13.9. The molecule has 0 amide bonds. The Balaban J connectivity index is 1.73. The van der Waals surface area contributed by atoms with Gasteiger partial charge in [0, 0.05) is 44.8 Å². The average molecular weight is 415 g/mol. The maximum Gasteiger partial charge on any atom is 0.262 e. The van der Waals surface area contributed by atoms with E-state index in [-0.39, 0.29) is 47.0 Å². The second-order valence-corrected chi connectivity index (χ2v) is 7.05. The van der Waals surface area contributed by atoms with Gasteiger partial charge in [0.2, 0.25) is 0 Å². The van der Waals surface area contributed by atoms with E-state index in [1.807, 2.05) is 0 Å². The van der Waals surface area contributed by atoms with Crippen LogP contribution in [0.4, 0.5) is 13.2 Å². The number of nitrogens with one attached hydrogen (secondary N) is 1. The van der Waals surface area contributed by atoms with Crippen molar-refractivity contribution in [3.63, 3.8) is 0 Å². The SMILES string of the molecule is Cn1[nH]cc2c(=O)n(CCC(=O)Cc3ccc(F)cc3F)c3cc(F)cc(=O)c3c21. The number of fused-ring (bicyclic) bond motifs is 3. The van der Waals surface area contributed by atoms with Crippen molar-refractivity contribution in [1.29, 1.82) is 0 Å². The first-order chi connectivity index (χ1) is 14.3. The quantitative estimate of drug-likeness (QED) is 0.545. The van der Waals surface area contributed by atoms with Gasteiger partial charge in [-0.1, -0.05) is 6.07 Å². The fourth-order valence-corrected chi connectivity index (χ4v) is 3.64. The van der Waals surface area contributed by atoms with Gasteiger partial charge >= 0.3 is 0 Å². The van der Waals surface area contributed by atoms with Crippen LogP contribution in [0.1, 0.15) is 12.0 Å². The molecule has 0 aliphatic heterocycles. The summed E-state index contributed by atoms with van der Waals surface area (Å²) >= 11 is 0. The van der Waals surface area contributed by atoms with Gasteiger partial charge < -0.3 is 9.67 Å². The largest absolute Gasteiger partial charge is 0.307 e. The van der Waals surface area contributed by atoms with Crippen LogP contribution in [0.3, 0.4) is 0 Å². The number of aromatic amines is 1. The highest BCUT2D eigenvalue weighted by molar-refractivity contribution is 6.03. The molecular formula is C21H16F3N3O3. The first-order valence-corrected chi connectivity index (χ1v) is 9.12. The van der Waals surface area contributed by atoms with Gasteiger partial charge in [-0.15, -0.1) is 0 Å². The summed E-state index contributed by atoms with van der Waals surface area (Å²) in [6.07, 6.45) is 1.01. The number of hydrogen-bond donors (Lipinski definition) is 1. The summed E-state index contributed by atoms with van der Waals surface area (Å²) in [5.74, 6) is -2.76. The fraction of sp³-hybridized carbons (Fsp3) is 0.190. The van der Waals surface area contributed by atoms with E-state index in [4.69, 9.17) is 0 Å². The predicted octanol–water partition coefficient (Wildman–Crippen LogP) is 2.80. The van der Waals surface area contributed by atoms with E-state index >= 15 is 0 Å². The third-order valence-corrected chi connectivity index (χ3v) is 5.06. The second-order valence-electron chi connectivity index (χ2n) is 7.05. The Morgan fingerprint density at radius 1 is 1.07 bits per heavy atom. The summed E-state index contributed by atoms with van der Waals surface area (Å²) in [6, 6.07) is 4.86. The van der Waals surface area contributed by atoms with Crippen LogP contribution in [0.25, 0.3) is 21.8 Å². The third kappa shape index (κ3) is 3.32. The van der Waals surface area contributed by atoms with Crippen LogP contribution in [0.5, 0.6) is 0 Å². The number of hydrogen-bond acceptors (Lipinski definition) is 3. The number of halogens is 3. The summed E-state index contributed by atoms with van der Waals surface area (Å²) in [6.45, 7) is -0.120. The fourth-order valence-electron chi connectivity index (χ4n) is 3.64. The molecule has 4 aromatic rings. The Hall–Kier alpha value is -3.62. The van der Waals surface area contributed by atoms with E-state index in [1.54, 1.807) is 7.05 Å². The summed E-state index contributed by atoms with van der Waals surface area (Å²) in [5, 5.41) is 3.20. The number of ketones is 1. The molecule has 0 saturated heterocycles. The highest BCUT2D eigenvalue weighted by atomic mass is 19.1. The van der Waals surface area contributed by atoms with Crippen molar-refractivity contribution >= 4 is 27.6 Å². The Bertz CT molecular complexity index is 1430. The lowest BCUT2D eigenvalue weighted by atomic mass is 10.1. The molecule has 2 aromatic carbocycles. The number of benzene rings is 2. The van der Waals surface area contributed by atoms with Crippen molar-refractivity contribution in [1.82, 2.24) is 14.3 Å². The molecule has 2 heterocycles. The number of Topliss-reactive ketones (excluding diaryl/α,β-unsaturated/α-hetero) is 1. The highest BCUT2D eigenvalue weighted by Gasteiger charge is 2.18. The molecule has 154 valence electrons. The van der Waals surface area contributed by atoms with Crippen molar-refractivity contribution in [3.05, 3.63) is 80.1 Å². The monoisotopic (exact) mass is 415 g/mol. The molecule has 0 bridgehead atoms. The molecule has 0 spiro atoms. The number of rotatable bonds is 5. The summed E-state index contributed by atoms with van der Waals surface area (Å²) in [5.41, 5.74) is -0.609. The molecule has 0 aliphatic carbocycles. The molecule has 0 atom stereocenters. The van der Waals surface area contributed by atoms with Crippen molar-refractivity contribution in [2.75, 3.05) is 0 Å². The zero-order valence-corrected chi connectivity index (χ0v) is 15.8.